The summed E-state index contributed by atoms with van der Waals surface area (Å²) >= 11 is 0. The largest absolute Gasteiger partial charge is 0.494 e. The van der Waals surface area contributed by atoms with E-state index in [4.69, 9.17) is 4.74 Å². The summed E-state index contributed by atoms with van der Waals surface area (Å²) < 4.78 is 28.5. The van der Waals surface area contributed by atoms with Gasteiger partial charge in [0.2, 0.25) is 5.91 Å². The summed E-state index contributed by atoms with van der Waals surface area (Å²) in [7, 11) is -3.18. The summed E-state index contributed by atoms with van der Waals surface area (Å²) in [5.74, 6) is 0.865. The van der Waals surface area contributed by atoms with E-state index in [-0.39, 0.29) is 10.8 Å². The number of benzene rings is 1. The lowest BCUT2D eigenvalue weighted by molar-refractivity contribution is -0.134. The molecule has 0 atom stereocenters. The smallest absolute Gasteiger partial charge is 0.222 e. The molecule has 1 saturated carbocycles. The Balaban J connectivity index is 1.36. The summed E-state index contributed by atoms with van der Waals surface area (Å²) in [5, 5.41) is 0. The molecule has 1 aromatic carbocycles. The lowest BCUT2D eigenvalue weighted by atomic mass is 9.68. The van der Waals surface area contributed by atoms with Crippen molar-refractivity contribution in [2.24, 2.45) is 5.41 Å². The van der Waals surface area contributed by atoms with Crippen LogP contribution in [0.5, 0.6) is 5.75 Å². The highest BCUT2D eigenvalue weighted by Gasteiger charge is 2.36. The normalized spacial score (nSPS) is 19.8. The van der Waals surface area contributed by atoms with Gasteiger partial charge in [-0.25, -0.2) is 8.42 Å². The van der Waals surface area contributed by atoms with Gasteiger partial charge in [0.1, 0.15) is 5.75 Å². The molecule has 27 heavy (non-hydrogen) atoms. The van der Waals surface area contributed by atoms with E-state index in [0.717, 1.165) is 13.1 Å². The number of likely N-dealkylation sites (tertiary alicyclic amines) is 1. The number of ether oxygens (including phenoxy) is 1. The average molecular weight is 394 g/mol. The van der Waals surface area contributed by atoms with Crippen LogP contribution in [-0.4, -0.2) is 45.2 Å². The number of amides is 1. The van der Waals surface area contributed by atoms with Gasteiger partial charge in [-0.05, 0) is 61.8 Å². The van der Waals surface area contributed by atoms with Gasteiger partial charge in [0.05, 0.1) is 11.5 Å². The van der Waals surface area contributed by atoms with E-state index in [9.17, 15) is 13.2 Å². The summed E-state index contributed by atoms with van der Waals surface area (Å²) in [6, 6.07) is 6.41. The van der Waals surface area contributed by atoms with Crippen LogP contribution in [-0.2, 0) is 14.6 Å². The lowest BCUT2D eigenvalue weighted by Crippen LogP contribution is -2.43. The highest BCUT2D eigenvalue weighted by molar-refractivity contribution is 7.90. The summed E-state index contributed by atoms with van der Waals surface area (Å²) in [6.07, 6.45) is 11.5. The SMILES string of the molecule is CS(=O)(=O)c1ccc(OCCCC(=O)N2CCC3(CCCCC3)CC2)cc1. The van der Waals surface area contributed by atoms with E-state index in [0.29, 0.717) is 30.6 Å². The first kappa shape index (κ1) is 20.2. The molecule has 1 aliphatic carbocycles. The second-order valence-electron chi connectivity index (χ2n) is 8.14. The van der Waals surface area contributed by atoms with Gasteiger partial charge in [0, 0.05) is 25.8 Å². The summed E-state index contributed by atoms with van der Waals surface area (Å²) in [5.41, 5.74) is 0.524. The van der Waals surface area contributed by atoms with Gasteiger partial charge >= 0.3 is 0 Å². The molecule has 1 spiro atoms. The Morgan fingerprint density at radius 2 is 1.67 bits per heavy atom. The molecular formula is C21H31NO4S. The molecule has 0 aromatic heterocycles. The quantitative estimate of drug-likeness (QED) is 0.689. The van der Waals surface area contributed by atoms with Crippen LogP contribution in [0, 0.1) is 5.41 Å². The summed E-state index contributed by atoms with van der Waals surface area (Å²) in [6.45, 7) is 2.28. The van der Waals surface area contributed by atoms with Gasteiger partial charge in [-0.15, -0.1) is 0 Å². The van der Waals surface area contributed by atoms with Crippen LogP contribution < -0.4 is 4.74 Å². The van der Waals surface area contributed by atoms with Gasteiger partial charge < -0.3 is 9.64 Å². The highest BCUT2D eigenvalue weighted by atomic mass is 32.2. The zero-order chi connectivity index (χ0) is 19.3. The molecule has 0 unspecified atom stereocenters. The molecule has 5 nitrogen and oxygen atoms in total. The van der Waals surface area contributed by atoms with Crippen molar-refractivity contribution in [3.05, 3.63) is 24.3 Å². The molecule has 0 radical (unpaired) electrons. The number of carbonyl (C=O) groups is 1. The van der Waals surface area contributed by atoms with Crippen LogP contribution in [0.2, 0.25) is 0 Å². The number of nitrogens with zero attached hydrogens (tertiary/aromatic N) is 1. The van der Waals surface area contributed by atoms with Crippen molar-refractivity contribution in [1.82, 2.24) is 4.90 Å². The number of sulfone groups is 1. The van der Waals surface area contributed by atoms with Crippen LogP contribution in [0.4, 0.5) is 0 Å². The zero-order valence-corrected chi connectivity index (χ0v) is 17.1. The molecule has 0 bridgehead atoms. The molecule has 1 aliphatic heterocycles. The van der Waals surface area contributed by atoms with Crippen molar-refractivity contribution in [3.63, 3.8) is 0 Å². The molecule has 1 saturated heterocycles. The Morgan fingerprint density at radius 1 is 1.04 bits per heavy atom. The third-order valence-electron chi connectivity index (χ3n) is 6.15. The monoisotopic (exact) mass is 393 g/mol. The van der Waals surface area contributed by atoms with E-state index in [1.54, 1.807) is 24.3 Å². The maximum absolute atomic E-state index is 12.4. The van der Waals surface area contributed by atoms with Crippen LogP contribution in [0.3, 0.4) is 0 Å². The molecule has 2 aliphatic rings. The second-order valence-corrected chi connectivity index (χ2v) is 10.2. The van der Waals surface area contributed by atoms with Crippen molar-refractivity contribution in [2.75, 3.05) is 26.0 Å². The van der Waals surface area contributed by atoms with Crippen molar-refractivity contribution >= 4 is 15.7 Å². The van der Waals surface area contributed by atoms with Gasteiger partial charge in [-0.2, -0.15) is 0 Å². The number of rotatable bonds is 6. The molecule has 1 heterocycles. The highest BCUT2D eigenvalue weighted by Crippen LogP contribution is 2.44. The standard InChI is InChI=1S/C21H31NO4S/c1-27(24,25)19-9-7-18(8-10-19)26-17-5-6-20(23)22-15-13-21(14-16-22)11-3-2-4-12-21/h7-10H,2-6,11-17H2,1H3. The van der Waals surface area contributed by atoms with E-state index >= 15 is 0 Å². The number of hydrogen-bond donors (Lipinski definition) is 0. The Morgan fingerprint density at radius 3 is 2.26 bits per heavy atom. The fourth-order valence-electron chi connectivity index (χ4n) is 4.39. The lowest BCUT2D eigenvalue weighted by Gasteiger charge is -2.44. The minimum absolute atomic E-state index is 0.233. The number of hydrogen-bond acceptors (Lipinski definition) is 4. The predicted octanol–water partition coefficient (Wildman–Crippen LogP) is 3.82. The molecule has 3 rings (SSSR count). The average Bonchev–Trinajstić information content (AvgIpc) is 2.66. The first-order valence-corrected chi connectivity index (χ1v) is 12.0. The van der Waals surface area contributed by atoms with E-state index in [1.165, 1.54) is 51.2 Å². The van der Waals surface area contributed by atoms with E-state index in [2.05, 4.69) is 0 Å². The van der Waals surface area contributed by atoms with Crippen molar-refractivity contribution in [2.45, 2.75) is 62.7 Å². The van der Waals surface area contributed by atoms with Gasteiger partial charge in [-0.1, -0.05) is 19.3 Å². The molecule has 6 heteroatoms. The van der Waals surface area contributed by atoms with Crippen molar-refractivity contribution < 1.29 is 17.9 Å². The fourth-order valence-corrected chi connectivity index (χ4v) is 5.02. The third kappa shape index (κ3) is 5.47. The summed E-state index contributed by atoms with van der Waals surface area (Å²) in [4.78, 5) is 14.8. The predicted molar refractivity (Wildman–Crippen MR) is 106 cm³/mol. The molecule has 1 amide bonds. The van der Waals surface area contributed by atoms with Crippen molar-refractivity contribution in [1.29, 1.82) is 0 Å². The molecular weight excluding hydrogens is 362 g/mol. The van der Waals surface area contributed by atoms with Crippen LogP contribution in [0.15, 0.2) is 29.2 Å². The number of carbonyl (C=O) groups excluding carboxylic acids is 1. The van der Waals surface area contributed by atoms with Gasteiger partial charge in [0.15, 0.2) is 9.84 Å². The van der Waals surface area contributed by atoms with Crippen LogP contribution >= 0.6 is 0 Å². The minimum Gasteiger partial charge on any atom is -0.494 e. The Labute approximate surface area is 163 Å². The third-order valence-corrected chi connectivity index (χ3v) is 7.28. The fraction of sp³-hybridized carbons (Fsp3) is 0.667. The zero-order valence-electron chi connectivity index (χ0n) is 16.3. The van der Waals surface area contributed by atoms with Gasteiger partial charge in [-0.3, -0.25) is 4.79 Å². The first-order valence-electron chi connectivity index (χ1n) is 10.1. The van der Waals surface area contributed by atoms with Gasteiger partial charge in [0.25, 0.3) is 0 Å². The van der Waals surface area contributed by atoms with E-state index in [1.807, 2.05) is 4.90 Å². The Hall–Kier alpha value is -1.56. The molecule has 0 N–H and O–H groups in total. The topological polar surface area (TPSA) is 63.7 Å². The molecule has 150 valence electrons. The maximum Gasteiger partial charge on any atom is 0.222 e. The number of piperidine rings is 1. The van der Waals surface area contributed by atoms with Crippen molar-refractivity contribution in [3.8, 4) is 5.75 Å². The Kier molecular flexibility index (Phi) is 6.45. The second kappa shape index (κ2) is 8.63. The molecule has 2 fully saturated rings. The Bertz CT molecular complexity index is 726. The van der Waals surface area contributed by atoms with Crippen LogP contribution in [0.1, 0.15) is 57.8 Å². The van der Waals surface area contributed by atoms with E-state index < -0.39 is 9.84 Å². The molecule has 1 aromatic rings. The minimum atomic E-state index is -3.18. The maximum atomic E-state index is 12.4. The van der Waals surface area contributed by atoms with Crippen LogP contribution in [0.25, 0.3) is 0 Å². The first-order chi connectivity index (χ1) is 12.9.